The van der Waals surface area contributed by atoms with Crippen LogP contribution in [0.15, 0.2) is 45.6 Å². The van der Waals surface area contributed by atoms with Crippen LogP contribution in [0.25, 0.3) is 0 Å². The van der Waals surface area contributed by atoms with Gasteiger partial charge < -0.3 is 5.32 Å². The lowest BCUT2D eigenvalue weighted by molar-refractivity contribution is 0.102. The van der Waals surface area contributed by atoms with Crippen LogP contribution < -0.4 is 5.32 Å². The van der Waals surface area contributed by atoms with Gasteiger partial charge in [0.1, 0.15) is 0 Å². The molecule has 0 aliphatic carbocycles. The van der Waals surface area contributed by atoms with E-state index in [-0.39, 0.29) is 5.91 Å². The number of pyridine rings is 1. The monoisotopic (exact) mass is 368 g/mol. The van der Waals surface area contributed by atoms with Crippen LogP contribution in [0, 0.1) is 6.92 Å². The quantitative estimate of drug-likeness (QED) is 0.863. The second-order valence-corrected chi connectivity index (χ2v) is 5.63. The van der Waals surface area contributed by atoms with Gasteiger partial charge in [-0.15, -0.1) is 0 Å². The lowest BCUT2D eigenvalue weighted by Gasteiger charge is -2.08. The summed E-state index contributed by atoms with van der Waals surface area (Å²) >= 11 is 6.72. The number of anilines is 1. The molecule has 2 aromatic rings. The predicted octanol–water partition coefficient (Wildman–Crippen LogP) is 4.17. The summed E-state index contributed by atoms with van der Waals surface area (Å²) in [7, 11) is 0. The molecule has 0 saturated heterocycles. The molecule has 0 unspecified atom stereocenters. The van der Waals surface area contributed by atoms with Crippen molar-refractivity contribution in [2.75, 3.05) is 5.32 Å². The van der Waals surface area contributed by atoms with Crippen LogP contribution in [0.1, 0.15) is 15.9 Å². The Morgan fingerprint density at radius 2 is 1.89 bits per heavy atom. The maximum absolute atomic E-state index is 12.1. The summed E-state index contributed by atoms with van der Waals surface area (Å²) in [5, 5.41) is 2.84. The van der Waals surface area contributed by atoms with Gasteiger partial charge in [-0.25, -0.2) is 0 Å². The third-order valence-electron chi connectivity index (χ3n) is 2.41. The largest absolute Gasteiger partial charge is 0.320 e. The molecule has 0 fully saturated rings. The fourth-order valence-electron chi connectivity index (χ4n) is 1.47. The van der Waals surface area contributed by atoms with Gasteiger partial charge >= 0.3 is 0 Å². The van der Waals surface area contributed by atoms with Gasteiger partial charge in [0, 0.05) is 20.7 Å². The third kappa shape index (κ3) is 3.17. The normalized spacial score (nSPS) is 10.2. The highest BCUT2D eigenvalue weighted by Crippen LogP contribution is 2.21. The summed E-state index contributed by atoms with van der Waals surface area (Å²) in [5.41, 5.74) is 2.28. The molecular weight excluding hydrogens is 360 g/mol. The van der Waals surface area contributed by atoms with Crippen LogP contribution in [0.5, 0.6) is 0 Å². The van der Waals surface area contributed by atoms with Gasteiger partial charge in [-0.3, -0.25) is 9.78 Å². The zero-order valence-electron chi connectivity index (χ0n) is 9.58. The molecule has 0 aliphatic rings. The third-order valence-corrected chi connectivity index (χ3v) is 3.33. The Bertz CT molecular complexity index is 579. The molecule has 0 saturated carbocycles. The van der Waals surface area contributed by atoms with E-state index in [1.165, 1.54) is 0 Å². The Labute approximate surface area is 122 Å². The Morgan fingerprint density at radius 1 is 1.22 bits per heavy atom. The minimum Gasteiger partial charge on any atom is -0.320 e. The number of nitrogens with one attached hydrogen (secondary N) is 1. The van der Waals surface area contributed by atoms with E-state index in [0.717, 1.165) is 20.2 Å². The highest BCUT2D eigenvalue weighted by atomic mass is 79.9. The number of amides is 1. The molecule has 5 heteroatoms. The minimum absolute atomic E-state index is 0.159. The van der Waals surface area contributed by atoms with Crippen molar-refractivity contribution in [1.82, 2.24) is 4.98 Å². The number of aryl methyl sites for hydroxylation is 1. The molecule has 0 bridgehead atoms. The van der Waals surface area contributed by atoms with Crippen LogP contribution in [0.2, 0.25) is 0 Å². The Morgan fingerprint density at radius 3 is 2.50 bits per heavy atom. The number of benzene rings is 1. The Hall–Kier alpha value is -1.20. The highest BCUT2D eigenvalue weighted by molar-refractivity contribution is 9.11. The van der Waals surface area contributed by atoms with Crippen LogP contribution in [-0.2, 0) is 0 Å². The number of hydrogen-bond donors (Lipinski definition) is 1. The van der Waals surface area contributed by atoms with Gasteiger partial charge in [-0.1, -0.05) is 31.9 Å². The molecule has 0 aliphatic heterocycles. The highest BCUT2D eigenvalue weighted by Gasteiger charge is 2.09. The van der Waals surface area contributed by atoms with Crippen molar-refractivity contribution >= 4 is 43.5 Å². The maximum atomic E-state index is 12.1. The van der Waals surface area contributed by atoms with Gasteiger partial charge in [0.15, 0.2) is 0 Å². The topological polar surface area (TPSA) is 42.0 Å². The van der Waals surface area contributed by atoms with Crippen molar-refractivity contribution in [2.24, 2.45) is 0 Å². The number of carbonyl (C=O) groups is 1. The molecule has 1 aromatic carbocycles. The Balaban J connectivity index is 2.25. The van der Waals surface area contributed by atoms with E-state index in [9.17, 15) is 4.79 Å². The van der Waals surface area contributed by atoms with Gasteiger partial charge in [0.2, 0.25) is 0 Å². The van der Waals surface area contributed by atoms with Gasteiger partial charge in [-0.05, 0) is 36.8 Å². The minimum atomic E-state index is -0.159. The SMILES string of the molecule is Cc1ccncc1NC(=O)c1cc(Br)cc(Br)c1. The molecule has 1 N–H and O–H groups in total. The van der Waals surface area contributed by atoms with Gasteiger partial charge in [0.05, 0.1) is 11.9 Å². The number of hydrogen-bond acceptors (Lipinski definition) is 2. The molecule has 2 rings (SSSR count). The number of carbonyl (C=O) groups excluding carboxylic acids is 1. The molecule has 0 spiro atoms. The summed E-state index contributed by atoms with van der Waals surface area (Å²) < 4.78 is 1.70. The first-order valence-electron chi connectivity index (χ1n) is 5.24. The van der Waals surface area contributed by atoms with Gasteiger partial charge in [0.25, 0.3) is 5.91 Å². The van der Waals surface area contributed by atoms with Crippen LogP contribution in [0.3, 0.4) is 0 Å². The summed E-state index contributed by atoms with van der Waals surface area (Å²) in [6.07, 6.45) is 3.33. The molecule has 1 amide bonds. The van der Waals surface area contributed by atoms with E-state index in [1.54, 1.807) is 24.5 Å². The van der Waals surface area contributed by atoms with Crippen molar-refractivity contribution in [2.45, 2.75) is 6.92 Å². The first-order valence-corrected chi connectivity index (χ1v) is 6.83. The zero-order valence-corrected chi connectivity index (χ0v) is 12.7. The second kappa shape index (κ2) is 5.63. The summed E-state index contributed by atoms with van der Waals surface area (Å²) in [6.45, 7) is 1.92. The van der Waals surface area contributed by atoms with Crippen molar-refractivity contribution in [3.8, 4) is 0 Å². The summed E-state index contributed by atoms with van der Waals surface area (Å²) in [4.78, 5) is 16.1. The summed E-state index contributed by atoms with van der Waals surface area (Å²) in [6, 6.07) is 7.27. The fourth-order valence-corrected chi connectivity index (χ4v) is 2.77. The lowest BCUT2D eigenvalue weighted by atomic mass is 10.2. The van der Waals surface area contributed by atoms with E-state index in [2.05, 4.69) is 42.2 Å². The van der Waals surface area contributed by atoms with E-state index in [1.807, 2.05) is 19.1 Å². The predicted molar refractivity (Wildman–Crippen MR) is 78.8 cm³/mol. The van der Waals surface area contributed by atoms with Crippen LogP contribution in [-0.4, -0.2) is 10.9 Å². The standard InChI is InChI=1S/C13H10Br2N2O/c1-8-2-3-16-7-12(8)17-13(18)9-4-10(14)6-11(15)5-9/h2-7H,1H3,(H,17,18). The van der Waals surface area contributed by atoms with Crippen molar-refractivity contribution in [3.63, 3.8) is 0 Å². The molecule has 92 valence electrons. The number of nitrogens with zero attached hydrogens (tertiary/aromatic N) is 1. The van der Waals surface area contributed by atoms with Crippen molar-refractivity contribution in [1.29, 1.82) is 0 Å². The maximum Gasteiger partial charge on any atom is 0.255 e. The van der Waals surface area contributed by atoms with Gasteiger partial charge in [-0.2, -0.15) is 0 Å². The zero-order chi connectivity index (χ0) is 13.1. The van der Waals surface area contributed by atoms with E-state index in [4.69, 9.17) is 0 Å². The first-order chi connectivity index (χ1) is 8.56. The van der Waals surface area contributed by atoms with Crippen LogP contribution >= 0.6 is 31.9 Å². The summed E-state index contributed by atoms with van der Waals surface area (Å²) in [5.74, 6) is -0.159. The molecule has 1 aromatic heterocycles. The fraction of sp³-hybridized carbons (Fsp3) is 0.0769. The second-order valence-electron chi connectivity index (χ2n) is 3.80. The number of halogens is 2. The number of rotatable bonds is 2. The molecule has 3 nitrogen and oxygen atoms in total. The molecule has 0 radical (unpaired) electrons. The van der Waals surface area contributed by atoms with Crippen LogP contribution in [0.4, 0.5) is 5.69 Å². The molecule has 1 heterocycles. The van der Waals surface area contributed by atoms with E-state index < -0.39 is 0 Å². The molecule has 18 heavy (non-hydrogen) atoms. The average Bonchev–Trinajstić information content (AvgIpc) is 2.31. The van der Waals surface area contributed by atoms with E-state index in [0.29, 0.717) is 5.56 Å². The molecular formula is C13H10Br2N2O. The lowest BCUT2D eigenvalue weighted by Crippen LogP contribution is -2.13. The smallest absolute Gasteiger partial charge is 0.255 e. The van der Waals surface area contributed by atoms with Crippen molar-refractivity contribution in [3.05, 3.63) is 56.7 Å². The first kappa shape index (κ1) is 13.2. The number of aromatic nitrogens is 1. The average molecular weight is 370 g/mol. The van der Waals surface area contributed by atoms with Crippen molar-refractivity contribution < 1.29 is 4.79 Å². The van der Waals surface area contributed by atoms with E-state index >= 15 is 0 Å². The molecule has 0 atom stereocenters. The Kier molecular flexibility index (Phi) is 4.14.